The lowest BCUT2D eigenvalue weighted by molar-refractivity contribution is -0.114. The number of aryl methyl sites for hydroxylation is 2. The van der Waals surface area contributed by atoms with Gasteiger partial charge < -0.3 is 10.6 Å². The fourth-order valence-corrected chi connectivity index (χ4v) is 4.63. The van der Waals surface area contributed by atoms with E-state index in [0.717, 1.165) is 5.56 Å². The molecule has 4 aromatic rings. The normalized spacial score (nSPS) is 12.6. The second-order valence-electron chi connectivity index (χ2n) is 9.43. The number of carbonyl (C=O) groups is 1. The fraction of sp³-hybridized carbons (Fsp3) is 0.310. The average Bonchev–Trinajstić information content (AvgIpc) is 3.73. The highest BCUT2D eigenvalue weighted by atomic mass is 19.1. The maximum absolute atomic E-state index is 14.8. The molecule has 9 nitrogen and oxygen atoms in total. The smallest absolute Gasteiger partial charge is 0.336 e. The summed E-state index contributed by atoms with van der Waals surface area (Å²) in [5.74, 6) is -0.742. The van der Waals surface area contributed by atoms with Crippen LogP contribution < -0.4 is 27.4 Å². The number of halogens is 1. The van der Waals surface area contributed by atoms with E-state index in [1.807, 2.05) is 13.8 Å². The lowest BCUT2D eigenvalue weighted by Gasteiger charge is -2.21. The van der Waals surface area contributed by atoms with Crippen molar-refractivity contribution in [1.29, 1.82) is 0 Å². The molecule has 1 aliphatic carbocycles. The van der Waals surface area contributed by atoms with Crippen molar-refractivity contribution in [3.8, 4) is 5.69 Å². The van der Waals surface area contributed by atoms with Crippen LogP contribution in [0.3, 0.4) is 0 Å². The third-order valence-electron chi connectivity index (χ3n) is 6.56. The zero-order chi connectivity index (χ0) is 28.6. The Morgan fingerprint density at radius 2 is 1.72 bits per heavy atom. The number of aromatic nitrogens is 3. The monoisotopic (exact) mass is 537 g/mol. The van der Waals surface area contributed by atoms with Gasteiger partial charge in [-0.15, -0.1) is 0 Å². The quantitative estimate of drug-likeness (QED) is 0.366. The van der Waals surface area contributed by atoms with Crippen LogP contribution in [0.2, 0.25) is 0 Å². The van der Waals surface area contributed by atoms with Crippen molar-refractivity contribution >= 4 is 34.0 Å². The van der Waals surface area contributed by atoms with Crippen LogP contribution in [-0.2, 0) is 11.8 Å². The number of pyridine rings is 1. The number of benzene rings is 2. The molecule has 0 atom stereocenters. The summed E-state index contributed by atoms with van der Waals surface area (Å²) in [4.78, 5) is 52.6. The number of anilines is 3. The molecule has 2 aromatic carbocycles. The molecular weight excluding hydrogens is 501 g/mol. The topological polar surface area (TPSA) is 107 Å². The molecule has 1 aliphatic rings. The molecule has 10 heteroatoms. The average molecular weight is 538 g/mol. The van der Waals surface area contributed by atoms with Crippen molar-refractivity contribution in [3.63, 3.8) is 0 Å². The Kier molecular flexibility index (Phi) is 7.58. The molecule has 0 radical (unpaired) electrons. The van der Waals surface area contributed by atoms with Crippen LogP contribution in [0.15, 0.2) is 56.8 Å². The van der Waals surface area contributed by atoms with E-state index in [9.17, 15) is 23.6 Å². The first-order valence-electron chi connectivity index (χ1n) is 12.9. The van der Waals surface area contributed by atoms with Crippen molar-refractivity contribution in [3.05, 3.63) is 90.6 Å². The van der Waals surface area contributed by atoms with E-state index in [2.05, 4.69) is 10.6 Å². The summed E-state index contributed by atoms with van der Waals surface area (Å²) in [6, 6.07) is 10.9. The summed E-state index contributed by atoms with van der Waals surface area (Å²) in [6.45, 7) is 8.68. The van der Waals surface area contributed by atoms with Crippen LogP contribution in [-0.4, -0.2) is 19.6 Å². The molecule has 0 saturated heterocycles. The third kappa shape index (κ3) is 5.01. The zero-order valence-corrected chi connectivity index (χ0v) is 22.9. The molecule has 0 spiro atoms. The minimum absolute atomic E-state index is 0. The zero-order valence-electron chi connectivity index (χ0n) is 22.9. The van der Waals surface area contributed by atoms with Crippen molar-refractivity contribution < 1.29 is 12.0 Å². The molecule has 0 aliphatic heterocycles. The summed E-state index contributed by atoms with van der Waals surface area (Å²) in [5, 5.41) is 5.73. The summed E-state index contributed by atoms with van der Waals surface area (Å²) in [7, 11) is 1.50. The highest BCUT2D eigenvalue weighted by molar-refractivity contribution is 5.94. The van der Waals surface area contributed by atoms with Gasteiger partial charge in [-0.05, 0) is 62.6 Å². The van der Waals surface area contributed by atoms with Gasteiger partial charge in [0.15, 0.2) is 0 Å². The summed E-state index contributed by atoms with van der Waals surface area (Å²) in [5.41, 5.74) is 0.379. The Labute approximate surface area is 227 Å². The van der Waals surface area contributed by atoms with Gasteiger partial charge in [-0.2, -0.15) is 0 Å². The molecule has 5 rings (SSSR count). The van der Waals surface area contributed by atoms with E-state index in [4.69, 9.17) is 0 Å². The maximum Gasteiger partial charge on any atom is 0.336 e. The Bertz CT molecular complexity index is 1790. The summed E-state index contributed by atoms with van der Waals surface area (Å²) < 4.78 is 18.6. The van der Waals surface area contributed by atoms with E-state index in [1.165, 1.54) is 39.8 Å². The predicted octanol–water partition coefficient (Wildman–Crippen LogP) is 5.16. The molecule has 0 unspecified atom stereocenters. The number of rotatable bonds is 5. The van der Waals surface area contributed by atoms with Gasteiger partial charge in [-0.25, -0.2) is 9.18 Å². The second kappa shape index (κ2) is 10.7. The highest BCUT2D eigenvalue weighted by Crippen LogP contribution is 2.34. The minimum atomic E-state index is -0.580. The van der Waals surface area contributed by atoms with Crippen molar-refractivity contribution in [2.45, 2.75) is 53.5 Å². The summed E-state index contributed by atoms with van der Waals surface area (Å²) in [6.07, 6.45) is 1.35. The molecule has 0 bridgehead atoms. The maximum atomic E-state index is 14.8. The molecule has 2 N–H and O–H groups in total. The fourth-order valence-electron chi connectivity index (χ4n) is 4.63. The number of nitrogens with one attached hydrogen (secondary N) is 2. The number of amides is 1. The van der Waals surface area contributed by atoms with Gasteiger partial charge >= 0.3 is 5.69 Å². The second-order valence-corrected chi connectivity index (χ2v) is 9.43. The Hall–Kier alpha value is -4.47. The number of nitrogens with zero attached hydrogens (tertiary/aromatic N) is 3. The van der Waals surface area contributed by atoms with Gasteiger partial charge in [0, 0.05) is 34.1 Å². The van der Waals surface area contributed by atoms with Crippen molar-refractivity contribution in [2.75, 3.05) is 10.6 Å². The number of carbonyl (C=O) groups excluding carboxylic acids is 1. The van der Waals surface area contributed by atoms with Crippen molar-refractivity contribution in [2.24, 2.45) is 7.05 Å². The van der Waals surface area contributed by atoms with E-state index in [1.54, 1.807) is 44.2 Å². The largest absolute Gasteiger partial charge is 0.338 e. The highest BCUT2D eigenvalue weighted by Gasteiger charge is 2.31. The van der Waals surface area contributed by atoms with Gasteiger partial charge in [0.25, 0.3) is 11.1 Å². The molecule has 1 amide bonds. The number of hydrogen-bond acceptors (Lipinski definition) is 5. The van der Waals surface area contributed by atoms with Gasteiger partial charge in [0.2, 0.25) is 5.91 Å². The molecule has 39 heavy (non-hydrogen) atoms. The Balaban J connectivity index is 0.00000144. The molecular formula is C29H36FN5O4. The minimum Gasteiger partial charge on any atom is -0.338 e. The first-order chi connectivity index (χ1) is 18.6. The van der Waals surface area contributed by atoms with Crippen molar-refractivity contribution in [1.82, 2.24) is 13.7 Å². The van der Waals surface area contributed by atoms with Crippen LogP contribution in [0, 0.1) is 19.7 Å². The van der Waals surface area contributed by atoms with Crippen LogP contribution in [0.4, 0.5) is 21.6 Å². The van der Waals surface area contributed by atoms with E-state index in [-0.39, 0.29) is 42.8 Å². The van der Waals surface area contributed by atoms with Gasteiger partial charge in [-0.1, -0.05) is 26.0 Å². The Morgan fingerprint density at radius 3 is 2.33 bits per heavy atom. The predicted molar refractivity (Wildman–Crippen MR) is 156 cm³/mol. The number of hydrogen-bond donors (Lipinski definition) is 2. The van der Waals surface area contributed by atoms with Gasteiger partial charge in [0.1, 0.15) is 17.0 Å². The standard InChI is InChI=1S/C27H26FN5O4.C2H6.2H2/c1-14-8-11-21(20(28)12-14)30-24-22-23(15(2)25(35)31(24)4)32(27(37)33(26(22)36)18-9-10-18)19-7-5-6-17(13-19)29-16(3)34;1-2;;/h5-8,11-13,18,30H,9-10H2,1-4H3,(H,29,34);1-2H3;2*1H. The lowest BCUT2D eigenvalue weighted by Crippen LogP contribution is -2.41. The van der Waals surface area contributed by atoms with Crippen LogP contribution >= 0.6 is 0 Å². The summed E-state index contributed by atoms with van der Waals surface area (Å²) >= 11 is 0. The molecule has 2 aromatic heterocycles. The SMILES string of the molecule is CC.CC(=O)Nc1cccc(-n2c(=O)n(C3CC3)c(=O)c3c(Nc4ccc(C)cc4F)n(C)c(=O)c(C)c32)c1.[HH].[HH]. The van der Waals surface area contributed by atoms with E-state index < -0.39 is 22.6 Å². The van der Waals surface area contributed by atoms with Crippen LogP contribution in [0.5, 0.6) is 0 Å². The van der Waals surface area contributed by atoms with E-state index in [0.29, 0.717) is 24.2 Å². The van der Waals surface area contributed by atoms with Gasteiger partial charge in [-0.3, -0.25) is 28.1 Å². The van der Waals surface area contributed by atoms with Crippen LogP contribution in [0.1, 0.15) is 53.6 Å². The molecule has 2 heterocycles. The molecule has 1 fully saturated rings. The van der Waals surface area contributed by atoms with E-state index >= 15 is 0 Å². The first kappa shape index (κ1) is 27.6. The number of fused-ring (bicyclic) bond motifs is 1. The lowest BCUT2D eigenvalue weighted by atomic mass is 10.1. The molecule has 1 saturated carbocycles. The molecule has 208 valence electrons. The van der Waals surface area contributed by atoms with Crippen LogP contribution in [0.25, 0.3) is 16.6 Å². The first-order valence-corrected chi connectivity index (χ1v) is 12.9. The third-order valence-corrected chi connectivity index (χ3v) is 6.56. The Morgan fingerprint density at radius 1 is 1.03 bits per heavy atom. The van der Waals surface area contributed by atoms with Gasteiger partial charge in [0.05, 0.1) is 16.9 Å².